The van der Waals surface area contributed by atoms with Gasteiger partial charge in [-0.25, -0.2) is 4.39 Å². The molecule has 0 saturated carbocycles. The summed E-state index contributed by atoms with van der Waals surface area (Å²) in [6.45, 7) is -0.408. The molecule has 6 nitrogen and oxygen atoms in total. The molecule has 0 aliphatic carbocycles. The number of ether oxygens (including phenoxy) is 1. The van der Waals surface area contributed by atoms with Gasteiger partial charge in [-0.05, 0) is 12.1 Å². The van der Waals surface area contributed by atoms with E-state index < -0.39 is 30.2 Å². The number of nitrogens with one attached hydrogen (secondary N) is 1. The molecule has 0 aromatic heterocycles. The molecule has 1 saturated heterocycles. The topological polar surface area (TPSA) is 75.7 Å². The summed E-state index contributed by atoms with van der Waals surface area (Å²) in [4.78, 5) is 36.4. The number of benzene rings is 1. The first kappa shape index (κ1) is 16.5. The van der Waals surface area contributed by atoms with E-state index in [2.05, 4.69) is 11.2 Å². The quantitative estimate of drug-likeness (QED) is 0.632. The van der Waals surface area contributed by atoms with Crippen molar-refractivity contribution in [2.24, 2.45) is 5.92 Å². The van der Waals surface area contributed by atoms with Gasteiger partial charge in [0.15, 0.2) is 6.61 Å². The summed E-state index contributed by atoms with van der Waals surface area (Å²) in [5, 5.41) is 2.35. The minimum Gasteiger partial charge on any atom is -0.455 e. The van der Waals surface area contributed by atoms with Gasteiger partial charge >= 0.3 is 5.97 Å². The number of carbonyl (C=O) groups is 3. The molecule has 0 radical (unpaired) electrons. The number of halogens is 1. The predicted octanol–water partition coefficient (Wildman–Crippen LogP) is 0.471. The Hall–Kier alpha value is -2.88. The average Bonchev–Trinajstić information content (AvgIpc) is 2.93. The lowest BCUT2D eigenvalue weighted by Crippen LogP contribution is -2.31. The maximum atomic E-state index is 13.7. The zero-order valence-corrected chi connectivity index (χ0v) is 12.3. The van der Waals surface area contributed by atoms with E-state index >= 15 is 0 Å². The Balaban J connectivity index is 1.92. The van der Waals surface area contributed by atoms with Gasteiger partial charge in [-0.15, -0.1) is 6.42 Å². The van der Waals surface area contributed by atoms with E-state index in [9.17, 15) is 18.8 Å². The number of terminal acetylenes is 1. The Bertz CT molecular complexity index is 668. The van der Waals surface area contributed by atoms with Crippen LogP contribution in [0.5, 0.6) is 0 Å². The summed E-state index contributed by atoms with van der Waals surface area (Å²) in [6, 6.07) is 5.82. The van der Waals surface area contributed by atoms with E-state index in [0.717, 1.165) is 0 Å². The fourth-order valence-electron chi connectivity index (χ4n) is 2.22. The van der Waals surface area contributed by atoms with Crippen LogP contribution in [0.1, 0.15) is 6.42 Å². The van der Waals surface area contributed by atoms with Crippen molar-refractivity contribution in [3.05, 3.63) is 30.1 Å². The summed E-state index contributed by atoms with van der Waals surface area (Å²) in [6.07, 6.45) is 4.90. The van der Waals surface area contributed by atoms with Crippen LogP contribution in [0.4, 0.5) is 10.1 Å². The van der Waals surface area contributed by atoms with Crippen molar-refractivity contribution in [3.8, 4) is 12.3 Å². The molecule has 0 bridgehead atoms. The molecule has 1 atom stereocenters. The molecule has 1 aliphatic rings. The second kappa shape index (κ2) is 7.40. The van der Waals surface area contributed by atoms with Gasteiger partial charge in [0.05, 0.1) is 18.2 Å². The third-order valence-electron chi connectivity index (χ3n) is 3.33. The van der Waals surface area contributed by atoms with E-state index in [0.29, 0.717) is 0 Å². The smallest absolute Gasteiger partial charge is 0.311 e. The van der Waals surface area contributed by atoms with Crippen LogP contribution < -0.4 is 10.2 Å². The number of para-hydroxylation sites is 1. The lowest BCUT2D eigenvalue weighted by Gasteiger charge is -2.17. The van der Waals surface area contributed by atoms with Crippen molar-refractivity contribution in [1.29, 1.82) is 0 Å². The Kier molecular flexibility index (Phi) is 5.31. The molecular weight excluding hydrogens is 303 g/mol. The molecule has 7 heteroatoms. The molecule has 1 fully saturated rings. The average molecular weight is 318 g/mol. The number of anilines is 1. The normalized spacial score (nSPS) is 16.8. The number of hydrogen-bond acceptors (Lipinski definition) is 4. The van der Waals surface area contributed by atoms with Crippen molar-refractivity contribution in [1.82, 2.24) is 5.32 Å². The molecule has 2 rings (SSSR count). The van der Waals surface area contributed by atoms with Gasteiger partial charge < -0.3 is 15.0 Å². The summed E-state index contributed by atoms with van der Waals surface area (Å²) < 4.78 is 18.6. The van der Waals surface area contributed by atoms with E-state index in [-0.39, 0.29) is 31.1 Å². The molecule has 1 aromatic rings. The molecule has 2 amide bonds. The summed E-state index contributed by atoms with van der Waals surface area (Å²) in [7, 11) is 0. The number of rotatable bonds is 5. The molecule has 1 aliphatic heterocycles. The van der Waals surface area contributed by atoms with Crippen LogP contribution in [0.15, 0.2) is 24.3 Å². The highest BCUT2D eigenvalue weighted by Gasteiger charge is 2.37. The SMILES string of the molecule is C#CCNC(=O)COC(=O)[C@H]1CC(=O)N(c2ccccc2F)C1. The number of hydrogen-bond donors (Lipinski definition) is 1. The van der Waals surface area contributed by atoms with Crippen LogP contribution in [-0.2, 0) is 19.1 Å². The van der Waals surface area contributed by atoms with Crippen molar-refractivity contribution in [2.45, 2.75) is 6.42 Å². The zero-order valence-electron chi connectivity index (χ0n) is 12.3. The molecular formula is C16H15FN2O4. The van der Waals surface area contributed by atoms with Gasteiger partial charge in [-0.1, -0.05) is 18.1 Å². The summed E-state index contributed by atoms with van der Waals surface area (Å²) in [5.41, 5.74) is 0.125. The maximum Gasteiger partial charge on any atom is 0.311 e. The monoisotopic (exact) mass is 318 g/mol. The number of amides is 2. The molecule has 23 heavy (non-hydrogen) atoms. The lowest BCUT2D eigenvalue weighted by atomic mass is 10.1. The third kappa shape index (κ3) is 4.07. The molecule has 1 N–H and O–H groups in total. The molecule has 0 unspecified atom stereocenters. The van der Waals surface area contributed by atoms with E-state index in [4.69, 9.17) is 11.2 Å². The Morgan fingerprint density at radius 1 is 1.43 bits per heavy atom. The van der Waals surface area contributed by atoms with Crippen molar-refractivity contribution >= 4 is 23.5 Å². The standard InChI is InChI=1S/C16H15FN2O4/c1-2-7-18-14(20)10-23-16(22)11-8-15(21)19(9-11)13-6-4-3-5-12(13)17/h1,3-6,11H,7-10H2,(H,18,20)/t11-/m0/s1. The lowest BCUT2D eigenvalue weighted by molar-refractivity contribution is -0.152. The Morgan fingerprint density at radius 2 is 2.17 bits per heavy atom. The van der Waals surface area contributed by atoms with Gasteiger partial charge in [0, 0.05) is 13.0 Å². The van der Waals surface area contributed by atoms with E-state index in [1.165, 1.54) is 23.1 Å². The van der Waals surface area contributed by atoms with Crippen LogP contribution in [0.3, 0.4) is 0 Å². The predicted molar refractivity (Wildman–Crippen MR) is 79.7 cm³/mol. The number of nitrogens with zero attached hydrogens (tertiary/aromatic N) is 1. The van der Waals surface area contributed by atoms with Gasteiger partial charge in [-0.2, -0.15) is 0 Å². The number of carbonyl (C=O) groups excluding carboxylic acids is 3. The molecule has 1 aromatic carbocycles. The zero-order chi connectivity index (χ0) is 16.8. The molecule has 0 spiro atoms. The summed E-state index contributed by atoms with van der Waals surface area (Å²) >= 11 is 0. The summed E-state index contributed by atoms with van der Waals surface area (Å²) in [5.74, 6) is -0.617. The third-order valence-corrected chi connectivity index (χ3v) is 3.33. The van der Waals surface area contributed by atoms with Crippen LogP contribution in [0.25, 0.3) is 0 Å². The van der Waals surface area contributed by atoms with Gasteiger partial charge in [0.25, 0.3) is 5.91 Å². The second-order valence-corrected chi connectivity index (χ2v) is 4.95. The second-order valence-electron chi connectivity index (χ2n) is 4.95. The number of esters is 1. The van der Waals surface area contributed by atoms with Crippen molar-refractivity contribution < 1.29 is 23.5 Å². The van der Waals surface area contributed by atoms with Crippen LogP contribution in [0, 0.1) is 24.1 Å². The first-order chi connectivity index (χ1) is 11.0. The highest BCUT2D eigenvalue weighted by molar-refractivity contribution is 5.99. The van der Waals surface area contributed by atoms with E-state index in [1.807, 2.05) is 0 Å². The van der Waals surface area contributed by atoms with Gasteiger partial charge in [0.1, 0.15) is 5.82 Å². The van der Waals surface area contributed by atoms with Gasteiger partial charge in [-0.3, -0.25) is 14.4 Å². The van der Waals surface area contributed by atoms with Crippen LogP contribution in [-0.4, -0.2) is 37.5 Å². The first-order valence-corrected chi connectivity index (χ1v) is 6.94. The minimum absolute atomic E-state index is 0.0184. The molecule has 1 heterocycles. The van der Waals surface area contributed by atoms with Crippen LogP contribution >= 0.6 is 0 Å². The van der Waals surface area contributed by atoms with Crippen molar-refractivity contribution in [3.63, 3.8) is 0 Å². The fraction of sp³-hybridized carbons (Fsp3) is 0.312. The van der Waals surface area contributed by atoms with Gasteiger partial charge in [0.2, 0.25) is 5.91 Å². The van der Waals surface area contributed by atoms with Crippen LogP contribution in [0.2, 0.25) is 0 Å². The first-order valence-electron chi connectivity index (χ1n) is 6.94. The fourth-order valence-corrected chi connectivity index (χ4v) is 2.22. The highest BCUT2D eigenvalue weighted by Crippen LogP contribution is 2.27. The minimum atomic E-state index is -0.734. The Morgan fingerprint density at radius 3 is 2.87 bits per heavy atom. The van der Waals surface area contributed by atoms with Crippen molar-refractivity contribution in [2.75, 3.05) is 24.6 Å². The maximum absolute atomic E-state index is 13.7. The highest BCUT2D eigenvalue weighted by atomic mass is 19.1. The molecule has 120 valence electrons. The van der Waals surface area contributed by atoms with E-state index in [1.54, 1.807) is 6.07 Å². The largest absolute Gasteiger partial charge is 0.455 e. The Labute approximate surface area is 132 Å².